The zero-order chi connectivity index (χ0) is 13.9. The van der Waals surface area contributed by atoms with E-state index in [9.17, 15) is 9.59 Å². The molecule has 6 heteroatoms. The lowest BCUT2D eigenvalue weighted by Crippen LogP contribution is -2.30. The van der Waals surface area contributed by atoms with Crippen LogP contribution in [0.1, 0.15) is 13.8 Å². The minimum absolute atomic E-state index is 0.322. The molecule has 0 aromatic heterocycles. The molecule has 2 unspecified atom stereocenters. The molecule has 0 aliphatic rings. The van der Waals surface area contributed by atoms with E-state index >= 15 is 0 Å². The Bertz CT molecular complexity index is 456. The van der Waals surface area contributed by atoms with Gasteiger partial charge < -0.3 is 10.4 Å². The Morgan fingerprint density at radius 2 is 1.67 bits per heavy atom. The molecule has 0 radical (unpaired) electrons. The van der Waals surface area contributed by atoms with Crippen LogP contribution in [0.15, 0.2) is 27.1 Å². The van der Waals surface area contributed by atoms with Crippen molar-refractivity contribution in [3.05, 3.63) is 27.1 Å². The lowest BCUT2D eigenvalue weighted by Gasteiger charge is -2.17. The molecular weight excluding hydrogens is 366 g/mol. The molecule has 0 heterocycles. The van der Waals surface area contributed by atoms with Gasteiger partial charge in [-0.25, -0.2) is 0 Å². The summed E-state index contributed by atoms with van der Waals surface area (Å²) in [5, 5.41) is 11.6. The summed E-state index contributed by atoms with van der Waals surface area (Å²) in [7, 11) is 0. The molecular formula is C12H13Br2NO3. The van der Waals surface area contributed by atoms with Crippen LogP contribution < -0.4 is 5.32 Å². The molecule has 98 valence electrons. The van der Waals surface area contributed by atoms with Crippen molar-refractivity contribution < 1.29 is 14.7 Å². The summed E-state index contributed by atoms with van der Waals surface area (Å²) in [5.74, 6) is -2.64. The highest BCUT2D eigenvalue weighted by atomic mass is 79.9. The van der Waals surface area contributed by atoms with E-state index < -0.39 is 17.8 Å². The summed E-state index contributed by atoms with van der Waals surface area (Å²) < 4.78 is 1.47. The second-order valence-corrected chi connectivity index (χ2v) is 5.71. The van der Waals surface area contributed by atoms with Gasteiger partial charge in [0.25, 0.3) is 0 Å². The number of halogens is 2. The highest BCUT2D eigenvalue weighted by Crippen LogP contribution is 2.31. The van der Waals surface area contributed by atoms with Gasteiger partial charge >= 0.3 is 5.97 Å². The monoisotopic (exact) mass is 377 g/mol. The van der Waals surface area contributed by atoms with Crippen LogP contribution in [0.5, 0.6) is 0 Å². The number of hydrogen-bond acceptors (Lipinski definition) is 2. The molecule has 0 saturated heterocycles. The maximum absolute atomic E-state index is 11.9. The van der Waals surface area contributed by atoms with Gasteiger partial charge in [-0.05, 0) is 44.0 Å². The van der Waals surface area contributed by atoms with Gasteiger partial charge in [0.05, 0.1) is 11.6 Å². The van der Waals surface area contributed by atoms with Crippen LogP contribution in [0.3, 0.4) is 0 Å². The van der Waals surface area contributed by atoms with Crippen LogP contribution in [0.4, 0.5) is 5.69 Å². The van der Waals surface area contributed by atoms with E-state index in [0.29, 0.717) is 5.69 Å². The Morgan fingerprint density at radius 1 is 1.17 bits per heavy atom. The lowest BCUT2D eigenvalue weighted by molar-refractivity contribution is -0.145. The lowest BCUT2D eigenvalue weighted by atomic mass is 9.95. The summed E-state index contributed by atoms with van der Waals surface area (Å²) in [5.41, 5.74) is 0.604. The minimum Gasteiger partial charge on any atom is -0.481 e. The van der Waals surface area contributed by atoms with Crippen molar-refractivity contribution >= 4 is 49.4 Å². The van der Waals surface area contributed by atoms with Gasteiger partial charge in [-0.15, -0.1) is 0 Å². The van der Waals surface area contributed by atoms with Crippen LogP contribution in [-0.2, 0) is 9.59 Å². The van der Waals surface area contributed by atoms with Crippen molar-refractivity contribution in [2.45, 2.75) is 13.8 Å². The van der Waals surface area contributed by atoms with Crippen LogP contribution >= 0.6 is 31.9 Å². The third-order valence-corrected chi connectivity index (χ3v) is 4.09. The van der Waals surface area contributed by atoms with E-state index in [1.807, 2.05) is 6.07 Å². The van der Waals surface area contributed by atoms with Crippen molar-refractivity contribution in [3.8, 4) is 0 Å². The van der Waals surface area contributed by atoms with Crippen molar-refractivity contribution in [2.24, 2.45) is 11.8 Å². The molecule has 1 aromatic carbocycles. The number of rotatable bonds is 4. The fourth-order valence-electron chi connectivity index (χ4n) is 1.30. The number of carbonyl (C=O) groups is 2. The van der Waals surface area contributed by atoms with Crippen molar-refractivity contribution in [1.82, 2.24) is 0 Å². The molecule has 0 aliphatic carbocycles. The molecule has 0 aliphatic heterocycles. The molecule has 0 saturated carbocycles. The number of nitrogens with one attached hydrogen (secondary N) is 1. The van der Waals surface area contributed by atoms with Gasteiger partial charge in [-0.1, -0.05) is 19.9 Å². The Hall–Kier alpha value is -0.880. The van der Waals surface area contributed by atoms with Gasteiger partial charge in [0.15, 0.2) is 0 Å². The van der Waals surface area contributed by atoms with Gasteiger partial charge in [-0.3, -0.25) is 9.59 Å². The molecule has 0 fully saturated rings. The number of aliphatic carboxylic acids is 1. The maximum atomic E-state index is 11.9. The normalized spacial score (nSPS) is 13.8. The van der Waals surface area contributed by atoms with Gasteiger partial charge in [0.2, 0.25) is 5.91 Å². The average molecular weight is 379 g/mol. The SMILES string of the molecule is CC(C(=O)O)C(C)C(=O)Nc1c(Br)cccc1Br. The smallest absolute Gasteiger partial charge is 0.307 e. The summed E-state index contributed by atoms with van der Waals surface area (Å²) >= 11 is 6.66. The third-order valence-electron chi connectivity index (χ3n) is 2.76. The molecule has 0 bridgehead atoms. The Labute approximate surface area is 122 Å². The molecule has 4 nitrogen and oxygen atoms in total. The number of hydrogen-bond donors (Lipinski definition) is 2. The van der Waals surface area contributed by atoms with Crippen molar-refractivity contribution in [3.63, 3.8) is 0 Å². The highest BCUT2D eigenvalue weighted by molar-refractivity contribution is 9.11. The van der Waals surface area contributed by atoms with Gasteiger partial charge in [0, 0.05) is 14.9 Å². The molecule has 2 atom stereocenters. The van der Waals surface area contributed by atoms with E-state index in [-0.39, 0.29) is 5.91 Å². The first-order chi connectivity index (χ1) is 8.34. The first-order valence-electron chi connectivity index (χ1n) is 5.32. The van der Waals surface area contributed by atoms with E-state index in [2.05, 4.69) is 37.2 Å². The van der Waals surface area contributed by atoms with E-state index in [1.54, 1.807) is 19.1 Å². The number of anilines is 1. The van der Waals surface area contributed by atoms with Crippen LogP contribution in [0.25, 0.3) is 0 Å². The van der Waals surface area contributed by atoms with Crippen molar-refractivity contribution in [1.29, 1.82) is 0 Å². The predicted octanol–water partition coefficient (Wildman–Crippen LogP) is 3.51. The fourth-order valence-corrected chi connectivity index (χ4v) is 2.49. The molecule has 1 rings (SSSR count). The van der Waals surface area contributed by atoms with Crippen LogP contribution in [-0.4, -0.2) is 17.0 Å². The third kappa shape index (κ3) is 3.55. The summed E-state index contributed by atoms with van der Waals surface area (Å²) in [6.45, 7) is 3.11. The summed E-state index contributed by atoms with van der Waals surface area (Å²) in [6.07, 6.45) is 0. The quantitative estimate of drug-likeness (QED) is 0.842. The highest BCUT2D eigenvalue weighted by Gasteiger charge is 2.26. The second-order valence-electron chi connectivity index (χ2n) is 4.00. The van der Waals surface area contributed by atoms with Gasteiger partial charge in [0.1, 0.15) is 0 Å². The van der Waals surface area contributed by atoms with E-state index in [1.165, 1.54) is 6.92 Å². The summed E-state index contributed by atoms with van der Waals surface area (Å²) in [6, 6.07) is 5.42. The second kappa shape index (κ2) is 6.33. The number of carboxylic acid groups (broad SMARTS) is 1. The zero-order valence-corrected chi connectivity index (χ0v) is 13.1. The largest absolute Gasteiger partial charge is 0.481 e. The molecule has 2 N–H and O–H groups in total. The van der Waals surface area contributed by atoms with E-state index in [0.717, 1.165) is 8.95 Å². The first kappa shape index (κ1) is 15.2. The molecule has 18 heavy (non-hydrogen) atoms. The van der Waals surface area contributed by atoms with E-state index in [4.69, 9.17) is 5.11 Å². The number of carboxylic acids is 1. The van der Waals surface area contributed by atoms with Gasteiger partial charge in [-0.2, -0.15) is 0 Å². The number of benzene rings is 1. The van der Waals surface area contributed by atoms with Crippen LogP contribution in [0.2, 0.25) is 0 Å². The Balaban J connectivity index is 2.85. The number of carbonyl (C=O) groups excluding carboxylic acids is 1. The van der Waals surface area contributed by atoms with Crippen LogP contribution in [0, 0.1) is 11.8 Å². The zero-order valence-electron chi connectivity index (χ0n) is 9.91. The maximum Gasteiger partial charge on any atom is 0.307 e. The first-order valence-corrected chi connectivity index (χ1v) is 6.91. The predicted molar refractivity (Wildman–Crippen MR) is 76.4 cm³/mol. The fraction of sp³-hybridized carbons (Fsp3) is 0.333. The Kier molecular flexibility index (Phi) is 5.34. The summed E-state index contributed by atoms with van der Waals surface area (Å²) in [4.78, 5) is 22.8. The molecule has 0 spiro atoms. The standard InChI is InChI=1S/C12H13Br2NO3/c1-6(7(2)12(17)18)11(16)15-10-8(13)4-3-5-9(10)14/h3-7H,1-2H3,(H,15,16)(H,17,18). The minimum atomic E-state index is -0.983. The Morgan fingerprint density at radius 3 is 2.11 bits per heavy atom. The topological polar surface area (TPSA) is 66.4 Å². The molecule has 1 amide bonds. The number of amides is 1. The van der Waals surface area contributed by atoms with Crippen molar-refractivity contribution in [2.75, 3.05) is 5.32 Å². The average Bonchev–Trinajstić information content (AvgIpc) is 2.31. The number of para-hydroxylation sites is 1. The molecule has 1 aromatic rings.